The minimum atomic E-state index is -0.432. The summed E-state index contributed by atoms with van der Waals surface area (Å²) in [6.45, 7) is -0.340. The lowest BCUT2D eigenvalue weighted by Gasteiger charge is -2.20. The number of methoxy groups -OCH3 is 2. The van der Waals surface area contributed by atoms with Crippen LogP contribution in [0.4, 0.5) is 0 Å². The highest BCUT2D eigenvalue weighted by atomic mass is 32.1. The number of rotatable bonds is 9. The molecule has 0 aliphatic heterocycles. The zero-order valence-corrected chi connectivity index (χ0v) is 17.6. The van der Waals surface area contributed by atoms with Gasteiger partial charge < -0.3 is 19.5 Å². The second-order valence-electron chi connectivity index (χ2n) is 6.46. The van der Waals surface area contributed by atoms with Crippen LogP contribution in [0.1, 0.15) is 22.0 Å². The summed E-state index contributed by atoms with van der Waals surface area (Å²) in [5.74, 6) is 0.631. The zero-order valence-electron chi connectivity index (χ0n) is 16.8. The Hall–Kier alpha value is -3.32. The van der Waals surface area contributed by atoms with Crippen LogP contribution in [0, 0.1) is 0 Å². The first-order valence-corrected chi connectivity index (χ1v) is 10.2. The highest BCUT2D eigenvalue weighted by Crippen LogP contribution is 2.26. The van der Waals surface area contributed by atoms with Crippen LogP contribution in [0.3, 0.4) is 0 Å². The monoisotopic (exact) mass is 425 g/mol. The summed E-state index contributed by atoms with van der Waals surface area (Å²) < 4.78 is 15.6. The van der Waals surface area contributed by atoms with E-state index in [4.69, 9.17) is 14.2 Å². The third kappa shape index (κ3) is 5.84. The second-order valence-corrected chi connectivity index (χ2v) is 7.50. The molecule has 0 saturated carbocycles. The first-order chi connectivity index (χ1) is 14.6. The molecule has 0 bridgehead atoms. The van der Waals surface area contributed by atoms with E-state index in [1.54, 1.807) is 14.2 Å². The Labute approximate surface area is 179 Å². The molecule has 1 amide bonds. The number of amides is 1. The van der Waals surface area contributed by atoms with Crippen LogP contribution in [0.5, 0.6) is 11.5 Å². The molecule has 0 spiro atoms. The van der Waals surface area contributed by atoms with E-state index in [0.717, 1.165) is 27.5 Å². The van der Waals surface area contributed by atoms with E-state index in [2.05, 4.69) is 5.32 Å². The van der Waals surface area contributed by atoms with Crippen molar-refractivity contribution in [2.75, 3.05) is 20.8 Å². The van der Waals surface area contributed by atoms with Crippen LogP contribution in [0.25, 0.3) is 0 Å². The third-order valence-corrected chi connectivity index (χ3v) is 5.34. The van der Waals surface area contributed by atoms with Crippen LogP contribution < -0.4 is 14.8 Å². The van der Waals surface area contributed by atoms with Crippen LogP contribution in [-0.2, 0) is 20.7 Å². The minimum absolute atomic E-state index is 0.158. The molecule has 0 radical (unpaired) electrons. The SMILES string of the molecule is COc1ccc(C(NC(=O)COC(=O)Cc2cccs2)c2ccc(OC)cc2)cc1. The maximum Gasteiger partial charge on any atom is 0.311 e. The van der Waals surface area contributed by atoms with Gasteiger partial charge in [-0.3, -0.25) is 9.59 Å². The average Bonchev–Trinajstić information content (AvgIpc) is 3.29. The highest BCUT2D eigenvalue weighted by molar-refractivity contribution is 7.10. The Morgan fingerprint density at radius 3 is 1.93 bits per heavy atom. The number of hydrogen-bond donors (Lipinski definition) is 1. The molecule has 1 heterocycles. The van der Waals surface area contributed by atoms with E-state index in [0.29, 0.717) is 0 Å². The van der Waals surface area contributed by atoms with Crippen molar-refractivity contribution < 1.29 is 23.8 Å². The van der Waals surface area contributed by atoms with Gasteiger partial charge in [0.15, 0.2) is 6.61 Å². The van der Waals surface area contributed by atoms with E-state index < -0.39 is 12.0 Å². The van der Waals surface area contributed by atoms with Crippen molar-refractivity contribution >= 4 is 23.2 Å². The smallest absolute Gasteiger partial charge is 0.311 e. The van der Waals surface area contributed by atoms with Gasteiger partial charge in [-0.1, -0.05) is 30.3 Å². The predicted molar refractivity (Wildman–Crippen MR) is 115 cm³/mol. The standard InChI is InChI=1S/C23H23NO5S/c1-27-18-9-5-16(6-10-18)23(17-7-11-19(28-2)12-8-17)24-21(25)15-29-22(26)14-20-4-3-13-30-20/h3-13,23H,14-15H2,1-2H3,(H,24,25). The number of hydrogen-bond acceptors (Lipinski definition) is 6. The molecule has 0 aliphatic rings. The Morgan fingerprint density at radius 1 is 0.900 bits per heavy atom. The van der Waals surface area contributed by atoms with Crippen molar-refractivity contribution in [3.63, 3.8) is 0 Å². The summed E-state index contributed by atoms with van der Waals surface area (Å²) in [6.07, 6.45) is 0.158. The number of esters is 1. The Kier molecular flexibility index (Phi) is 7.45. The van der Waals surface area contributed by atoms with Crippen molar-refractivity contribution in [2.24, 2.45) is 0 Å². The third-order valence-electron chi connectivity index (χ3n) is 4.47. The van der Waals surface area contributed by atoms with Crippen LogP contribution in [0.15, 0.2) is 66.0 Å². The lowest BCUT2D eigenvalue weighted by Crippen LogP contribution is -2.33. The van der Waals surface area contributed by atoms with Crippen molar-refractivity contribution in [1.29, 1.82) is 0 Å². The minimum Gasteiger partial charge on any atom is -0.497 e. The topological polar surface area (TPSA) is 73.9 Å². The maximum atomic E-state index is 12.5. The van der Waals surface area contributed by atoms with Gasteiger partial charge in [-0.25, -0.2) is 0 Å². The first kappa shape index (κ1) is 21.4. The lowest BCUT2D eigenvalue weighted by atomic mass is 9.98. The van der Waals surface area contributed by atoms with Crippen LogP contribution in [0.2, 0.25) is 0 Å². The largest absolute Gasteiger partial charge is 0.497 e. The highest BCUT2D eigenvalue weighted by Gasteiger charge is 2.18. The van der Waals surface area contributed by atoms with Crippen LogP contribution in [-0.4, -0.2) is 32.7 Å². The quantitative estimate of drug-likeness (QED) is 0.529. The van der Waals surface area contributed by atoms with E-state index in [-0.39, 0.29) is 18.9 Å². The van der Waals surface area contributed by atoms with E-state index in [1.807, 2.05) is 66.0 Å². The summed E-state index contributed by atoms with van der Waals surface area (Å²) in [7, 11) is 3.20. The number of thiophene rings is 1. The second kappa shape index (κ2) is 10.5. The van der Waals surface area contributed by atoms with Crippen molar-refractivity contribution in [2.45, 2.75) is 12.5 Å². The molecular formula is C23H23NO5S. The van der Waals surface area contributed by atoms with Gasteiger partial charge in [0.1, 0.15) is 11.5 Å². The molecule has 0 unspecified atom stereocenters. The number of ether oxygens (including phenoxy) is 3. The number of nitrogens with one attached hydrogen (secondary N) is 1. The molecular weight excluding hydrogens is 402 g/mol. The Bertz CT molecular complexity index is 905. The fraction of sp³-hybridized carbons (Fsp3) is 0.217. The van der Waals surface area contributed by atoms with Gasteiger partial charge in [0.25, 0.3) is 5.91 Å². The molecule has 0 atom stereocenters. The predicted octanol–water partition coefficient (Wildman–Crippen LogP) is 3.76. The van der Waals surface area contributed by atoms with Gasteiger partial charge in [0.05, 0.1) is 26.7 Å². The van der Waals surface area contributed by atoms with Gasteiger partial charge in [-0.15, -0.1) is 11.3 Å². The van der Waals surface area contributed by atoms with Gasteiger partial charge in [-0.2, -0.15) is 0 Å². The molecule has 30 heavy (non-hydrogen) atoms. The van der Waals surface area contributed by atoms with Gasteiger partial charge in [-0.05, 0) is 46.8 Å². The molecule has 0 aliphatic carbocycles. The summed E-state index contributed by atoms with van der Waals surface area (Å²) in [4.78, 5) is 25.4. The average molecular weight is 426 g/mol. The number of carbonyl (C=O) groups excluding carboxylic acids is 2. The summed E-state index contributed by atoms with van der Waals surface area (Å²) >= 11 is 1.47. The zero-order chi connectivity index (χ0) is 21.3. The van der Waals surface area contributed by atoms with Gasteiger partial charge >= 0.3 is 5.97 Å². The summed E-state index contributed by atoms with van der Waals surface area (Å²) in [5, 5.41) is 4.84. The molecule has 0 fully saturated rings. The first-order valence-electron chi connectivity index (χ1n) is 9.34. The molecule has 7 heteroatoms. The number of benzene rings is 2. The van der Waals surface area contributed by atoms with Gasteiger partial charge in [0.2, 0.25) is 0 Å². The van der Waals surface area contributed by atoms with E-state index in [1.165, 1.54) is 11.3 Å². The Morgan fingerprint density at radius 2 is 1.47 bits per heavy atom. The summed E-state index contributed by atoms with van der Waals surface area (Å²) in [5.41, 5.74) is 1.75. The molecule has 2 aromatic carbocycles. The van der Waals surface area contributed by atoms with Crippen molar-refractivity contribution in [3.8, 4) is 11.5 Å². The molecule has 1 aromatic heterocycles. The van der Waals surface area contributed by atoms with Crippen molar-refractivity contribution in [1.82, 2.24) is 5.32 Å². The fourth-order valence-corrected chi connectivity index (χ4v) is 3.60. The maximum absolute atomic E-state index is 12.5. The number of carbonyl (C=O) groups is 2. The molecule has 156 valence electrons. The van der Waals surface area contributed by atoms with E-state index >= 15 is 0 Å². The normalized spacial score (nSPS) is 10.5. The van der Waals surface area contributed by atoms with Gasteiger partial charge in [0, 0.05) is 4.88 Å². The Balaban J connectivity index is 1.69. The van der Waals surface area contributed by atoms with Crippen molar-refractivity contribution in [3.05, 3.63) is 82.0 Å². The molecule has 6 nitrogen and oxygen atoms in total. The molecule has 3 rings (SSSR count). The summed E-state index contributed by atoms with van der Waals surface area (Å²) in [6, 6.07) is 18.2. The van der Waals surface area contributed by atoms with Crippen LogP contribution >= 0.6 is 11.3 Å². The molecule has 3 aromatic rings. The van der Waals surface area contributed by atoms with E-state index in [9.17, 15) is 9.59 Å². The molecule has 0 saturated heterocycles. The molecule has 1 N–H and O–H groups in total. The fourth-order valence-electron chi connectivity index (χ4n) is 2.91. The lowest BCUT2D eigenvalue weighted by molar-refractivity contribution is -0.148.